The molecule has 1 amide bonds. The van der Waals surface area contributed by atoms with E-state index >= 15 is 0 Å². The Morgan fingerprint density at radius 2 is 2.28 bits per heavy atom. The number of aryl methyl sites for hydroxylation is 1. The van der Waals surface area contributed by atoms with E-state index in [-0.39, 0.29) is 11.6 Å². The highest BCUT2D eigenvalue weighted by Gasteiger charge is 2.09. The van der Waals surface area contributed by atoms with E-state index in [0.717, 1.165) is 5.69 Å². The van der Waals surface area contributed by atoms with Gasteiger partial charge in [-0.05, 0) is 6.07 Å². The molecule has 94 valence electrons. The minimum atomic E-state index is -0.263. The second-order valence-corrected chi connectivity index (χ2v) is 3.67. The summed E-state index contributed by atoms with van der Waals surface area (Å²) in [5.74, 6) is 0.295. The first kappa shape index (κ1) is 12.0. The molecule has 0 bridgehead atoms. The van der Waals surface area contributed by atoms with Crippen molar-refractivity contribution in [2.75, 3.05) is 12.4 Å². The number of carbonyl (C=O) groups is 1. The molecule has 0 atom stereocenters. The number of hydrogen-bond acceptors (Lipinski definition) is 5. The molecular weight excluding hydrogens is 232 g/mol. The van der Waals surface area contributed by atoms with Crippen molar-refractivity contribution in [2.24, 2.45) is 7.05 Å². The zero-order valence-corrected chi connectivity index (χ0v) is 10.2. The second-order valence-electron chi connectivity index (χ2n) is 3.67. The Morgan fingerprint density at radius 3 is 2.94 bits per heavy atom. The van der Waals surface area contributed by atoms with Crippen molar-refractivity contribution in [3.8, 4) is 0 Å². The SMILES string of the molecule is CNc1cncc(C(=O)NCc2ccnn2C)n1. The average molecular weight is 246 g/mol. The highest BCUT2D eigenvalue weighted by Crippen LogP contribution is 2.01. The predicted molar refractivity (Wildman–Crippen MR) is 66.0 cm³/mol. The van der Waals surface area contributed by atoms with Crippen molar-refractivity contribution in [2.45, 2.75) is 6.54 Å². The van der Waals surface area contributed by atoms with E-state index in [1.54, 1.807) is 24.1 Å². The van der Waals surface area contributed by atoms with E-state index in [2.05, 4.69) is 25.7 Å². The van der Waals surface area contributed by atoms with Crippen molar-refractivity contribution in [3.05, 3.63) is 36.0 Å². The van der Waals surface area contributed by atoms with Crippen LogP contribution >= 0.6 is 0 Å². The van der Waals surface area contributed by atoms with E-state index < -0.39 is 0 Å². The summed E-state index contributed by atoms with van der Waals surface area (Å²) < 4.78 is 1.70. The molecule has 7 nitrogen and oxygen atoms in total. The van der Waals surface area contributed by atoms with Gasteiger partial charge in [-0.1, -0.05) is 0 Å². The fourth-order valence-electron chi connectivity index (χ4n) is 1.43. The first-order valence-corrected chi connectivity index (χ1v) is 5.45. The summed E-state index contributed by atoms with van der Waals surface area (Å²) in [4.78, 5) is 19.9. The molecule has 2 N–H and O–H groups in total. The van der Waals surface area contributed by atoms with Gasteiger partial charge >= 0.3 is 0 Å². The number of carbonyl (C=O) groups excluding carboxylic acids is 1. The molecule has 2 aromatic heterocycles. The molecule has 0 fully saturated rings. The quantitative estimate of drug-likeness (QED) is 0.804. The van der Waals surface area contributed by atoms with Crippen molar-refractivity contribution in [3.63, 3.8) is 0 Å². The van der Waals surface area contributed by atoms with Gasteiger partial charge in [-0.15, -0.1) is 0 Å². The number of rotatable bonds is 4. The smallest absolute Gasteiger partial charge is 0.271 e. The van der Waals surface area contributed by atoms with Crippen molar-refractivity contribution in [1.29, 1.82) is 0 Å². The van der Waals surface area contributed by atoms with Gasteiger partial charge in [0.05, 0.1) is 24.6 Å². The number of anilines is 1. The van der Waals surface area contributed by atoms with Crippen LogP contribution in [0.5, 0.6) is 0 Å². The Balaban J connectivity index is 2.01. The highest BCUT2D eigenvalue weighted by molar-refractivity contribution is 5.92. The van der Waals surface area contributed by atoms with E-state index in [0.29, 0.717) is 12.4 Å². The molecule has 0 saturated heterocycles. The number of amides is 1. The van der Waals surface area contributed by atoms with Gasteiger partial charge in [-0.25, -0.2) is 4.98 Å². The highest BCUT2D eigenvalue weighted by atomic mass is 16.1. The summed E-state index contributed by atoms with van der Waals surface area (Å²) in [6.07, 6.45) is 4.67. The van der Waals surface area contributed by atoms with Crippen LogP contribution in [0.2, 0.25) is 0 Å². The van der Waals surface area contributed by atoms with E-state index in [4.69, 9.17) is 0 Å². The van der Waals surface area contributed by atoms with Crippen molar-refractivity contribution in [1.82, 2.24) is 25.1 Å². The molecule has 0 spiro atoms. The molecular formula is C11H14N6O. The lowest BCUT2D eigenvalue weighted by atomic mass is 10.3. The fraction of sp³-hybridized carbons (Fsp3) is 0.273. The third kappa shape index (κ3) is 2.62. The van der Waals surface area contributed by atoms with Crippen molar-refractivity contribution >= 4 is 11.7 Å². The minimum Gasteiger partial charge on any atom is -0.372 e. The van der Waals surface area contributed by atoms with Gasteiger partial charge in [-0.2, -0.15) is 5.10 Å². The monoisotopic (exact) mass is 246 g/mol. The van der Waals surface area contributed by atoms with Crippen molar-refractivity contribution < 1.29 is 4.79 Å². The predicted octanol–water partition coefficient (Wildman–Crippen LogP) is 0.182. The lowest BCUT2D eigenvalue weighted by Gasteiger charge is -2.05. The Hall–Kier alpha value is -2.44. The maximum absolute atomic E-state index is 11.8. The van der Waals surface area contributed by atoms with Crippen LogP contribution in [0.3, 0.4) is 0 Å². The topological polar surface area (TPSA) is 84.7 Å². The first-order valence-electron chi connectivity index (χ1n) is 5.45. The number of hydrogen-bond donors (Lipinski definition) is 2. The molecule has 0 aliphatic heterocycles. The Kier molecular flexibility index (Phi) is 3.52. The van der Waals surface area contributed by atoms with Gasteiger partial charge in [-0.3, -0.25) is 14.5 Å². The Labute approximate surface area is 104 Å². The van der Waals surface area contributed by atoms with Crippen LogP contribution in [-0.4, -0.2) is 32.7 Å². The molecule has 0 saturated carbocycles. The maximum Gasteiger partial charge on any atom is 0.271 e. The Morgan fingerprint density at radius 1 is 1.44 bits per heavy atom. The van der Waals surface area contributed by atoms with Crippen LogP contribution in [-0.2, 0) is 13.6 Å². The maximum atomic E-state index is 11.8. The second kappa shape index (κ2) is 5.26. The summed E-state index contributed by atoms with van der Waals surface area (Å²) >= 11 is 0. The molecule has 0 aliphatic rings. The van der Waals surface area contributed by atoms with Crippen LogP contribution < -0.4 is 10.6 Å². The summed E-state index contributed by atoms with van der Waals surface area (Å²) in [5, 5.41) is 9.62. The van der Waals surface area contributed by atoms with E-state index in [1.165, 1.54) is 6.20 Å². The molecule has 0 radical (unpaired) electrons. The van der Waals surface area contributed by atoms with E-state index in [1.807, 2.05) is 13.1 Å². The molecule has 0 aromatic carbocycles. The third-order valence-electron chi connectivity index (χ3n) is 2.48. The fourth-order valence-corrected chi connectivity index (χ4v) is 1.43. The minimum absolute atomic E-state index is 0.263. The molecule has 2 heterocycles. The van der Waals surface area contributed by atoms with Gasteiger partial charge in [0, 0.05) is 20.3 Å². The average Bonchev–Trinajstić information content (AvgIpc) is 2.81. The van der Waals surface area contributed by atoms with Crippen LogP contribution in [0.4, 0.5) is 5.82 Å². The molecule has 2 aromatic rings. The zero-order chi connectivity index (χ0) is 13.0. The Bertz CT molecular complexity index is 550. The van der Waals surface area contributed by atoms with Crippen LogP contribution in [0.15, 0.2) is 24.7 Å². The van der Waals surface area contributed by atoms with Crippen LogP contribution in [0.1, 0.15) is 16.2 Å². The zero-order valence-electron chi connectivity index (χ0n) is 10.2. The standard InChI is InChI=1S/C11H14N6O/c1-12-10-7-13-6-9(16-10)11(18)14-5-8-3-4-15-17(8)2/h3-4,6-7H,5H2,1-2H3,(H,12,16)(H,14,18). The number of nitrogens with zero attached hydrogens (tertiary/aromatic N) is 4. The molecule has 0 aliphatic carbocycles. The largest absolute Gasteiger partial charge is 0.372 e. The molecule has 18 heavy (non-hydrogen) atoms. The first-order chi connectivity index (χ1) is 8.70. The molecule has 2 rings (SSSR count). The third-order valence-corrected chi connectivity index (χ3v) is 2.48. The summed E-state index contributed by atoms with van der Waals surface area (Å²) in [5.41, 5.74) is 1.20. The summed E-state index contributed by atoms with van der Waals surface area (Å²) in [6, 6.07) is 1.84. The van der Waals surface area contributed by atoms with Gasteiger partial charge < -0.3 is 10.6 Å². The van der Waals surface area contributed by atoms with Gasteiger partial charge in [0.25, 0.3) is 5.91 Å². The van der Waals surface area contributed by atoms with Gasteiger partial charge in [0.2, 0.25) is 0 Å². The van der Waals surface area contributed by atoms with Gasteiger partial charge in [0.15, 0.2) is 0 Å². The lowest BCUT2D eigenvalue weighted by molar-refractivity contribution is 0.0945. The van der Waals surface area contributed by atoms with E-state index in [9.17, 15) is 4.79 Å². The summed E-state index contributed by atoms with van der Waals surface area (Å²) in [6.45, 7) is 0.404. The summed E-state index contributed by atoms with van der Waals surface area (Å²) in [7, 11) is 3.55. The van der Waals surface area contributed by atoms with Crippen LogP contribution in [0.25, 0.3) is 0 Å². The number of nitrogens with one attached hydrogen (secondary N) is 2. The molecule has 0 unspecified atom stereocenters. The normalized spacial score (nSPS) is 10.1. The lowest BCUT2D eigenvalue weighted by Crippen LogP contribution is -2.25. The van der Waals surface area contributed by atoms with Gasteiger partial charge in [0.1, 0.15) is 11.5 Å². The van der Waals surface area contributed by atoms with Crippen LogP contribution in [0, 0.1) is 0 Å². The number of aromatic nitrogens is 4. The molecule has 7 heteroatoms.